The SMILES string of the molecule is O=C(Cl)c1ccc(F)c(CBr)c1. The second-order valence-corrected chi connectivity index (χ2v) is 3.12. The second kappa shape index (κ2) is 4.01. The van der Waals surface area contributed by atoms with Crippen LogP contribution < -0.4 is 0 Å². The van der Waals surface area contributed by atoms with E-state index in [1.54, 1.807) is 0 Å². The van der Waals surface area contributed by atoms with Crippen LogP contribution in [-0.2, 0) is 5.33 Å². The van der Waals surface area contributed by atoms with Crippen LogP contribution in [0.3, 0.4) is 0 Å². The maximum atomic E-state index is 12.8. The summed E-state index contributed by atoms with van der Waals surface area (Å²) in [6.45, 7) is 0. The first-order valence-corrected chi connectivity index (χ1v) is 4.69. The van der Waals surface area contributed by atoms with Crippen LogP contribution in [0, 0.1) is 5.82 Å². The lowest BCUT2D eigenvalue weighted by molar-refractivity contribution is 0.108. The monoisotopic (exact) mass is 250 g/mol. The molecule has 0 heterocycles. The van der Waals surface area contributed by atoms with Crippen LogP contribution in [0.1, 0.15) is 15.9 Å². The van der Waals surface area contributed by atoms with Crippen molar-refractivity contribution in [2.75, 3.05) is 0 Å². The van der Waals surface area contributed by atoms with Crippen molar-refractivity contribution in [2.24, 2.45) is 0 Å². The van der Waals surface area contributed by atoms with E-state index < -0.39 is 5.24 Å². The van der Waals surface area contributed by atoms with Gasteiger partial charge in [0.1, 0.15) is 5.82 Å². The van der Waals surface area contributed by atoms with E-state index in [2.05, 4.69) is 15.9 Å². The van der Waals surface area contributed by atoms with E-state index in [4.69, 9.17) is 11.6 Å². The van der Waals surface area contributed by atoms with Gasteiger partial charge in [0.15, 0.2) is 0 Å². The van der Waals surface area contributed by atoms with E-state index in [9.17, 15) is 9.18 Å². The van der Waals surface area contributed by atoms with Gasteiger partial charge in [-0.15, -0.1) is 0 Å². The molecule has 0 saturated heterocycles. The van der Waals surface area contributed by atoms with Crippen LogP contribution in [0.4, 0.5) is 4.39 Å². The lowest BCUT2D eigenvalue weighted by Gasteiger charge is -1.99. The molecule has 0 fully saturated rings. The molecule has 1 nitrogen and oxygen atoms in total. The Morgan fingerprint density at radius 1 is 1.58 bits per heavy atom. The van der Waals surface area contributed by atoms with E-state index >= 15 is 0 Å². The Morgan fingerprint density at radius 2 is 2.25 bits per heavy atom. The zero-order valence-electron chi connectivity index (χ0n) is 5.98. The zero-order valence-corrected chi connectivity index (χ0v) is 8.32. The summed E-state index contributed by atoms with van der Waals surface area (Å²) in [6.07, 6.45) is 0. The fraction of sp³-hybridized carbons (Fsp3) is 0.125. The van der Waals surface area contributed by atoms with Crippen LogP contribution in [-0.4, -0.2) is 5.24 Å². The number of hydrogen-bond donors (Lipinski definition) is 0. The first-order valence-electron chi connectivity index (χ1n) is 3.19. The summed E-state index contributed by atoms with van der Waals surface area (Å²) in [6, 6.07) is 4.02. The third-order valence-electron chi connectivity index (χ3n) is 1.42. The summed E-state index contributed by atoms with van der Waals surface area (Å²) in [7, 11) is 0. The minimum absolute atomic E-state index is 0.313. The van der Waals surface area contributed by atoms with Crippen LogP contribution in [0.2, 0.25) is 0 Å². The molecule has 0 spiro atoms. The number of hydrogen-bond acceptors (Lipinski definition) is 1. The first kappa shape index (κ1) is 9.68. The van der Waals surface area contributed by atoms with Gasteiger partial charge in [-0.05, 0) is 35.4 Å². The number of alkyl halides is 1. The van der Waals surface area contributed by atoms with E-state index in [0.717, 1.165) is 0 Å². The molecule has 0 radical (unpaired) electrons. The summed E-state index contributed by atoms with van der Waals surface area (Å²) in [4.78, 5) is 10.7. The fourth-order valence-electron chi connectivity index (χ4n) is 0.799. The molecular weight excluding hydrogens is 246 g/mol. The van der Waals surface area contributed by atoms with Gasteiger partial charge in [0.2, 0.25) is 0 Å². The lowest BCUT2D eigenvalue weighted by atomic mass is 10.1. The molecule has 0 N–H and O–H groups in total. The molecule has 0 aromatic heterocycles. The molecule has 1 aromatic rings. The van der Waals surface area contributed by atoms with Gasteiger partial charge in [-0.25, -0.2) is 4.39 Å². The van der Waals surface area contributed by atoms with Gasteiger partial charge in [0.05, 0.1) is 0 Å². The van der Waals surface area contributed by atoms with Crippen molar-refractivity contribution in [1.29, 1.82) is 0 Å². The summed E-state index contributed by atoms with van der Waals surface area (Å²) < 4.78 is 12.8. The fourth-order valence-corrected chi connectivity index (χ4v) is 1.35. The summed E-state index contributed by atoms with van der Waals surface area (Å²) in [5.74, 6) is -0.339. The van der Waals surface area contributed by atoms with E-state index in [0.29, 0.717) is 16.5 Å². The lowest BCUT2D eigenvalue weighted by Crippen LogP contribution is -1.93. The molecule has 0 amide bonds. The molecule has 0 saturated carbocycles. The quantitative estimate of drug-likeness (QED) is 0.583. The molecule has 0 bridgehead atoms. The second-order valence-electron chi connectivity index (χ2n) is 2.21. The Kier molecular flexibility index (Phi) is 3.23. The zero-order chi connectivity index (χ0) is 9.14. The van der Waals surface area contributed by atoms with Crippen molar-refractivity contribution in [2.45, 2.75) is 5.33 Å². The summed E-state index contributed by atoms with van der Waals surface area (Å²) >= 11 is 8.30. The van der Waals surface area contributed by atoms with Crippen molar-refractivity contribution in [1.82, 2.24) is 0 Å². The van der Waals surface area contributed by atoms with Gasteiger partial charge in [0, 0.05) is 10.9 Å². The predicted molar refractivity (Wildman–Crippen MR) is 49.2 cm³/mol. The van der Waals surface area contributed by atoms with Gasteiger partial charge in [-0.3, -0.25) is 4.79 Å². The van der Waals surface area contributed by atoms with Crippen molar-refractivity contribution in [3.63, 3.8) is 0 Å². The molecule has 4 heteroatoms. The minimum atomic E-state index is -0.572. The highest BCUT2D eigenvalue weighted by Gasteiger charge is 2.05. The predicted octanol–water partition coefficient (Wildman–Crippen LogP) is 3.10. The number of rotatable bonds is 2. The van der Waals surface area contributed by atoms with Gasteiger partial charge >= 0.3 is 0 Å². The third kappa shape index (κ3) is 2.05. The van der Waals surface area contributed by atoms with Crippen LogP contribution in [0.25, 0.3) is 0 Å². The van der Waals surface area contributed by atoms with Crippen molar-refractivity contribution >= 4 is 32.8 Å². The molecule has 0 unspecified atom stereocenters. The summed E-state index contributed by atoms with van der Waals surface area (Å²) in [5.41, 5.74) is 0.744. The van der Waals surface area contributed by atoms with Crippen molar-refractivity contribution < 1.29 is 9.18 Å². The maximum Gasteiger partial charge on any atom is 0.252 e. The summed E-state index contributed by atoms with van der Waals surface area (Å²) in [5, 5.41) is -0.200. The van der Waals surface area contributed by atoms with E-state index in [1.807, 2.05) is 0 Å². The van der Waals surface area contributed by atoms with Crippen LogP contribution in [0.15, 0.2) is 18.2 Å². The standard InChI is InChI=1S/C8H5BrClFO/c9-4-6-3-5(8(10)12)1-2-7(6)11/h1-3H,4H2. The average molecular weight is 251 g/mol. The molecule has 1 aromatic carbocycles. The Morgan fingerprint density at radius 3 is 2.75 bits per heavy atom. The number of halogens is 3. The van der Waals surface area contributed by atoms with Gasteiger partial charge < -0.3 is 0 Å². The molecule has 64 valence electrons. The maximum absolute atomic E-state index is 12.8. The van der Waals surface area contributed by atoms with Crippen LogP contribution in [0.5, 0.6) is 0 Å². The van der Waals surface area contributed by atoms with Crippen molar-refractivity contribution in [3.8, 4) is 0 Å². The first-order chi connectivity index (χ1) is 5.65. The number of benzene rings is 1. The Balaban J connectivity index is 3.13. The Labute approximate surface area is 82.7 Å². The van der Waals surface area contributed by atoms with Gasteiger partial charge in [-0.1, -0.05) is 15.9 Å². The molecule has 12 heavy (non-hydrogen) atoms. The average Bonchev–Trinajstić information content (AvgIpc) is 2.05. The molecule has 0 aliphatic heterocycles. The highest BCUT2D eigenvalue weighted by molar-refractivity contribution is 9.08. The van der Waals surface area contributed by atoms with Crippen molar-refractivity contribution in [3.05, 3.63) is 35.1 Å². The Hall–Kier alpha value is -0.410. The molecule has 0 aliphatic carbocycles. The smallest absolute Gasteiger partial charge is 0.252 e. The normalized spacial score (nSPS) is 9.92. The van der Waals surface area contributed by atoms with Gasteiger partial charge in [0.25, 0.3) is 5.24 Å². The van der Waals surface area contributed by atoms with E-state index in [1.165, 1.54) is 18.2 Å². The van der Waals surface area contributed by atoms with E-state index in [-0.39, 0.29) is 5.82 Å². The number of carbonyl (C=O) groups excluding carboxylic acids is 1. The third-order valence-corrected chi connectivity index (χ3v) is 2.24. The molecule has 1 rings (SSSR count). The molecule has 0 aliphatic rings. The highest BCUT2D eigenvalue weighted by Crippen LogP contribution is 2.14. The minimum Gasteiger partial charge on any atom is -0.276 e. The van der Waals surface area contributed by atoms with Gasteiger partial charge in [-0.2, -0.15) is 0 Å². The number of carbonyl (C=O) groups is 1. The highest BCUT2D eigenvalue weighted by atomic mass is 79.9. The molecule has 0 atom stereocenters. The molecular formula is C8H5BrClFO. The van der Waals surface area contributed by atoms with Crippen LogP contribution >= 0.6 is 27.5 Å². The topological polar surface area (TPSA) is 17.1 Å². The Bertz CT molecular complexity index is 314. The largest absolute Gasteiger partial charge is 0.276 e.